The molecule has 1 heterocycles. The van der Waals surface area contributed by atoms with E-state index < -0.39 is 16.0 Å². The highest BCUT2D eigenvalue weighted by molar-refractivity contribution is 7.89. The first kappa shape index (κ1) is 13.0. The van der Waals surface area contributed by atoms with Gasteiger partial charge in [-0.25, -0.2) is 13.2 Å². The summed E-state index contributed by atoms with van der Waals surface area (Å²) >= 11 is 0. The Bertz CT molecular complexity index is 545. The zero-order chi connectivity index (χ0) is 13.3. The summed E-state index contributed by atoms with van der Waals surface area (Å²) in [4.78, 5) is 10.9. The molecular weight excluding hydrogens is 258 g/mol. The van der Waals surface area contributed by atoms with E-state index in [2.05, 4.69) is 10.2 Å². The van der Waals surface area contributed by atoms with Gasteiger partial charge < -0.3 is 5.11 Å². The van der Waals surface area contributed by atoms with E-state index in [0.29, 0.717) is 0 Å². The second-order valence-corrected chi connectivity index (χ2v) is 6.31. The lowest BCUT2D eigenvalue weighted by molar-refractivity contribution is 0.0692. The lowest BCUT2D eigenvalue weighted by atomic mass is 10.3. The van der Waals surface area contributed by atoms with Crippen molar-refractivity contribution >= 4 is 16.0 Å². The maximum absolute atomic E-state index is 12.3. The van der Waals surface area contributed by atoms with Crippen molar-refractivity contribution in [1.29, 1.82) is 0 Å². The minimum absolute atomic E-state index is 0.0556. The third-order valence-corrected chi connectivity index (χ3v) is 5.19. The molecule has 2 rings (SSSR count). The minimum atomic E-state index is -3.82. The van der Waals surface area contributed by atoms with Gasteiger partial charge in [0.05, 0.1) is 6.20 Å². The summed E-state index contributed by atoms with van der Waals surface area (Å²) in [5.41, 5.74) is -0.320. The Balaban J connectivity index is 2.35. The van der Waals surface area contributed by atoms with E-state index in [0.717, 1.165) is 31.9 Å². The largest absolute Gasteiger partial charge is 0.478 e. The van der Waals surface area contributed by atoms with Gasteiger partial charge in [-0.1, -0.05) is 12.8 Å². The van der Waals surface area contributed by atoms with Crippen LogP contribution in [0.2, 0.25) is 0 Å². The van der Waals surface area contributed by atoms with Crippen molar-refractivity contribution in [3.63, 3.8) is 0 Å². The number of nitrogens with one attached hydrogen (secondary N) is 1. The molecule has 2 N–H and O–H groups in total. The van der Waals surface area contributed by atoms with Crippen LogP contribution in [0, 0.1) is 0 Å². The smallest absolute Gasteiger partial charge is 0.340 e. The van der Waals surface area contributed by atoms with Crippen molar-refractivity contribution in [3.8, 4) is 0 Å². The monoisotopic (exact) mass is 273 g/mol. The van der Waals surface area contributed by atoms with Crippen LogP contribution in [0.15, 0.2) is 11.2 Å². The van der Waals surface area contributed by atoms with E-state index in [1.165, 1.54) is 11.4 Å². The van der Waals surface area contributed by atoms with Gasteiger partial charge in [0.25, 0.3) is 10.0 Å². The van der Waals surface area contributed by atoms with Gasteiger partial charge in [-0.2, -0.15) is 9.40 Å². The standard InChI is InChI=1S/C10H15N3O4S/c1-13(7-4-2-3-5-7)18(16,17)9-8(10(14)15)6-11-12-9/h6-7H,2-5H2,1H3,(H,11,12)(H,14,15). The molecule has 1 aromatic heterocycles. The highest BCUT2D eigenvalue weighted by atomic mass is 32.2. The van der Waals surface area contributed by atoms with Gasteiger partial charge in [0.1, 0.15) is 5.56 Å². The van der Waals surface area contributed by atoms with E-state index in [-0.39, 0.29) is 16.6 Å². The fraction of sp³-hybridized carbons (Fsp3) is 0.600. The molecule has 0 amide bonds. The number of aromatic amines is 1. The number of sulfonamides is 1. The van der Waals surface area contributed by atoms with Crippen LogP contribution < -0.4 is 0 Å². The van der Waals surface area contributed by atoms with Crippen molar-refractivity contribution in [2.45, 2.75) is 36.8 Å². The van der Waals surface area contributed by atoms with Crippen molar-refractivity contribution < 1.29 is 18.3 Å². The summed E-state index contributed by atoms with van der Waals surface area (Å²) < 4.78 is 25.8. The fourth-order valence-electron chi connectivity index (χ4n) is 2.23. The summed E-state index contributed by atoms with van der Waals surface area (Å²) in [5, 5.41) is 14.4. The third kappa shape index (κ3) is 2.13. The predicted molar refractivity (Wildman–Crippen MR) is 62.8 cm³/mol. The number of aromatic carboxylic acids is 1. The van der Waals surface area contributed by atoms with E-state index >= 15 is 0 Å². The van der Waals surface area contributed by atoms with Gasteiger partial charge in [-0.15, -0.1) is 0 Å². The Kier molecular flexibility index (Phi) is 3.40. The minimum Gasteiger partial charge on any atom is -0.478 e. The molecule has 1 aliphatic carbocycles. The van der Waals surface area contributed by atoms with Gasteiger partial charge in [-0.05, 0) is 12.8 Å². The molecular formula is C10H15N3O4S. The van der Waals surface area contributed by atoms with Gasteiger partial charge in [0.2, 0.25) is 0 Å². The first-order valence-corrected chi connectivity index (χ1v) is 7.13. The Hall–Kier alpha value is -1.41. The van der Waals surface area contributed by atoms with Crippen LogP contribution in [0.5, 0.6) is 0 Å². The van der Waals surface area contributed by atoms with Crippen molar-refractivity contribution in [3.05, 3.63) is 11.8 Å². The van der Waals surface area contributed by atoms with Crippen LogP contribution in [0.25, 0.3) is 0 Å². The molecule has 7 nitrogen and oxygen atoms in total. The molecule has 1 fully saturated rings. The predicted octanol–water partition coefficient (Wildman–Crippen LogP) is 0.671. The topological polar surface area (TPSA) is 103 Å². The molecule has 0 spiro atoms. The number of rotatable bonds is 4. The number of carboxylic acids is 1. The number of H-pyrrole nitrogens is 1. The highest BCUT2D eigenvalue weighted by Gasteiger charge is 2.34. The van der Waals surface area contributed by atoms with Crippen molar-refractivity contribution in [2.24, 2.45) is 0 Å². The zero-order valence-electron chi connectivity index (χ0n) is 9.96. The average molecular weight is 273 g/mol. The van der Waals surface area contributed by atoms with Crippen LogP contribution in [-0.2, 0) is 10.0 Å². The van der Waals surface area contributed by atoms with Crippen LogP contribution in [0.4, 0.5) is 0 Å². The number of hydrogen-bond acceptors (Lipinski definition) is 4. The maximum atomic E-state index is 12.3. The second-order valence-electron chi connectivity index (χ2n) is 4.38. The van der Waals surface area contributed by atoms with E-state index in [1.807, 2.05) is 0 Å². The summed E-state index contributed by atoms with van der Waals surface area (Å²) in [7, 11) is -2.34. The number of nitrogens with zero attached hydrogens (tertiary/aromatic N) is 2. The van der Waals surface area contributed by atoms with Crippen LogP contribution >= 0.6 is 0 Å². The SMILES string of the molecule is CN(C1CCCC1)S(=O)(=O)c1[nH]ncc1C(=O)O. The van der Waals surface area contributed by atoms with E-state index in [9.17, 15) is 13.2 Å². The molecule has 1 aromatic rings. The Morgan fingerprint density at radius 2 is 2.11 bits per heavy atom. The average Bonchev–Trinajstić information content (AvgIpc) is 2.99. The van der Waals surface area contributed by atoms with E-state index in [4.69, 9.17) is 5.11 Å². The molecule has 0 bridgehead atoms. The first-order chi connectivity index (χ1) is 8.44. The Morgan fingerprint density at radius 3 is 2.67 bits per heavy atom. The lowest BCUT2D eigenvalue weighted by Gasteiger charge is -2.22. The fourth-order valence-corrected chi connectivity index (χ4v) is 3.71. The molecule has 0 atom stereocenters. The Labute approximate surface area is 105 Å². The van der Waals surface area contributed by atoms with Gasteiger partial charge in [0.15, 0.2) is 5.03 Å². The molecule has 1 saturated carbocycles. The molecule has 0 aromatic carbocycles. The quantitative estimate of drug-likeness (QED) is 0.839. The van der Waals surface area contributed by atoms with Crippen LogP contribution in [0.1, 0.15) is 36.0 Å². The molecule has 8 heteroatoms. The molecule has 0 radical (unpaired) electrons. The van der Waals surface area contributed by atoms with Gasteiger partial charge in [0, 0.05) is 13.1 Å². The maximum Gasteiger partial charge on any atom is 0.340 e. The number of hydrogen-bond donors (Lipinski definition) is 2. The van der Waals surface area contributed by atoms with Gasteiger partial charge in [-0.3, -0.25) is 5.10 Å². The third-order valence-electron chi connectivity index (χ3n) is 3.31. The molecule has 0 saturated heterocycles. The van der Waals surface area contributed by atoms with Gasteiger partial charge >= 0.3 is 5.97 Å². The van der Waals surface area contributed by atoms with Crippen LogP contribution in [0.3, 0.4) is 0 Å². The normalized spacial score (nSPS) is 17.4. The number of aromatic nitrogens is 2. The van der Waals surface area contributed by atoms with Crippen molar-refractivity contribution in [2.75, 3.05) is 7.05 Å². The zero-order valence-corrected chi connectivity index (χ0v) is 10.8. The lowest BCUT2D eigenvalue weighted by Crippen LogP contribution is -2.36. The molecule has 18 heavy (non-hydrogen) atoms. The summed E-state index contributed by atoms with van der Waals surface area (Å²) in [6.45, 7) is 0. The number of carboxylic acid groups (broad SMARTS) is 1. The molecule has 1 aliphatic rings. The Morgan fingerprint density at radius 1 is 1.50 bits per heavy atom. The highest BCUT2D eigenvalue weighted by Crippen LogP contribution is 2.27. The summed E-state index contributed by atoms with van der Waals surface area (Å²) in [6.07, 6.45) is 4.63. The summed E-state index contributed by atoms with van der Waals surface area (Å²) in [6, 6.07) is -0.0556. The number of carbonyl (C=O) groups is 1. The van der Waals surface area contributed by atoms with Crippen molar-refractivity contribution in [1.82, 2.24) is 14.5 Å². The molecule has 100 valence electrons. The molecule has 0 unspecified atom stereocenters. The molecule has 0 aliphatic heterocycles. The van der Waals surface area contributed by atoms with E-state index in [1.54, 1.807) is 0 Å². The summed E-state index contributed by atoms with van der Waals surface area (Å²) in [5.74, 6) is -1.30. The second kappa shape index (κ2) is 4.69. The first-order valence-electron chi connectivity index (χ1n) is 5.69. The van der Waals surface area contributed by atoms with Crippen LogP contribution in [-0.4, -0.2) is 47.1 Å².